The number of amides is 1. The van der Waals surface area contributed by atoms with E-state index in [0.29, 0.717) is 17.9 Å². The molecule has 0 radical (unpaired) electrons. The van der Waals surface area contributed by atoms with Crippen molar-refractivity contribution >= 4 is 23.0 Å². The number of nitrogens with one attached hydrogen (secondary N) is 1. The summed E-state index contributed by atoms with van der Waals surface area (Å²) in [6.45, 7) is 11.4. The highest BCUT2D eigenvalue weighted by molar-refractivity contribution is 5.97. The normalized spacial score (nSPS) is 22.2. The van der Waals surface area contributed by atoms with E-state index in [2.05, 4.69) is 77.5 Å². The van der Waals surface area contributed by atoms with Gasteiger partial charge in [-0.3, -0.25) is 4.79 Å². The van der Waals surface area contributed by atoms with Gasteiger partial charge in [0.1, 0.15) is 6.07 Å². The molecule has 2 heterocycles. The molecule has 6 rings (SSSR count). The highest BCUT2D eigenvalue weighted by Crippen LogP contribution is 2.49. The largest absolute Gasteiger partial charge is 0.381 e. The molecule has 6 heteroatoms. The molecule has 1 aliphatic carbocycles. The summed E-state index contributed by atoms with van der Waals surface area (Å²) in [6, 6.07) is 23.3. The molecule has 38 heavy (non-hydrogen) atoms. The van der Waals surface area contributed by atoms with Gasteiger partial charge in [-0.1, -0.05) is 36.4 Å². The Balaban J connectivity index is 0.00000308. The minimum absolute atomic E-state index is 0. The van der Waals surface area contributed by atoms with Crippen molar-refractivity contribution in [1.29, 1.82) is 5.26 Å². The maximum absolute atomic E-state index is 13.6. The molecule has 0 bridgehead atoms. The Morgan fingerprint density at radius 2 is 1.50 bits per heavy atom. The van der Waals surface area contributed by atoms with Gasteiger partial charge in [-0.05, 0) is 61.7 Å². The van der Waals surface area contributed by atoms with Crippen molar-refractivity contribution < 1.29 is 6.22 Å². The van der Waals surface area contributed by atoms with Crippen LogP contribution in [0.4, 0.5) is 17.1 Å². The van der Waals surface area contributed by atoms with Crippen LogP contribution in [0.15, 0.2) is 60.7 Å². The zero-order valence-electron chi connectivity index (χ0n) is 22.4. The third kappa shape index (κ3) is 4.36. The van der Waals surface area contributed by atoms with Crippen LogP contribution in [0.2, 0.25) is 0 Å². The molecule has 0 spiro atoms. The number of piperidine rings is 1. The number of para-hydroxylation sites is 2. The van der Waals surface area contributed by atoms with Gasteiger partial charge < -0.3 is 20.0 Å². The quantitative estimate of drug-likeness (QED) is 0.512. The monoisotopic (exact) mass is 507 g/mol. The van der Waals surface area contributed by atoms with Gasteiger partial charge in [-0.2, -0.15) is 5.26 Å². The second-order valence-electron chi connectivity index (χ2n) is 11.1. The van der Waals surface area contributed by atoms with Gasteiger partial charge in [-0.15, -0.1) is 0 Å². The first kappa shape index (κ1) is 24.4. The van der Waals surface area contributed by atoms with Gasteiger partial charge in [0.05, 0.1) is 11.3 Å². The summed E-state index contributed by atoms with van der Waals surface area (Å²) in [5.74, 6) is 1.26. The Labute approximate surface area is 227 Å². The number of fused-ring (bicyclic) bond motifs is 1. The van der Waals surface area contributed by atoms with E-state index in [9.17, 15) is 10.1 Å². The summed E-state index contributed by atoms with van der Waals surface area (Å²) in [4.78, 5) is 20.3. The summed E-state index contributed by atoms with van der Waals surface area (Å²) in [5.41, 5.74) is 8.42. The van der Waals surface area contributed by atoms with Gasteiger partial charge in [0.15, 0.2) is 0 Å². The molecule has 0 aromatic heterocycles. The van der Waals surface area contributed by atoms with Gasteiger partial charge in [-0.25, -0.2) is 0 Å². The number of hydrogen-bond acceptors (Lipinski definition) is 5. The van der Waals surface area contributed by atoms with Gasteiger partial charge in [0.25, 0.3) is 5.91 Å². The number of rotatable bonds is 5. The standard InChI is InChI=1S/C32H35N5O.H2/c1-21-8-4-6-10-29(21)35-12-14-36(15-13-35)32(38)25-17-28(23(3)16-22(25)2)34-31-26-19-37(20-27(26)31)30-11-7-5-9-24(30)18-33;/h4-11,16-17,26-27,31,34H,12-15,19-20H2,1-3H3;1H. The van der Waals surface area contributed by atoms with Crippen molar-refractivity contribution in [3.8, 4) is 6.07 Å². The number of carbonyl (C=O) groups excluding carboxylic acids is 1. The van der Waals surface area contributed by atoms with Crippen LogP contribution in [0.5, 0.6) is 0 Å². The second kappa shape index (κ2) is 9.72. The molecule has 196 valence electrons. The summed E-state index contributed by atoms with van der Waals surface area (Å²) < 4.78 is 0. The average Bonchev–Trinajstić information content (AvgIpc) is 3.36. The van der Waals surface area contributed by atoms with Crippen LogP contribution >= 0.6 is 0 Å². The van der Waals surface area contributed by atoms with Crippen molar-refractivity contribution in [3.05, 3.63) is 88.5 Å². The van der Waals surface area contributed by atoms with Crippen molar-refractivity contribution in [2.24, 2.45) is 11.8 Å². The minimum atomic E-state index is 0. The Bertz CT molecular complexity index is 1410. The molecule has 2 unspecified atom stereocenters. The van der Waals surface area contributed by atoms with Gasteiger partial charge >= 0.3 is 0 Å². The third-order valence-electron chi connectivity index (χ3n) is 8.71. The Kier molecular flexibility index (Phi) is 6.23. The molecule has 3 fully saturated rings. The zero-order valence-corrected chi connectivity index (χ0v) is 22.4. The SMILES string of the molecule is Cc1cc(C)c(C(=O)N2CCN(c3ccccc3C)CC2)cc1NC1C2CN(c3ccccc3C#N)CC21.[HH]. The first-order valence-corrected chi connectivity index (χ1v) is 13.7. The smallest absolute Gasteiger partial charge is 0.254 e. The molecule has 2 saturated heterocycles. The number of hydrogen-bond donors (Lipinski definition) is 1. The van der Waals surface area contributed by atoms with Crippen molar-refractivity contribution in [1.82, 2.24) is 4.90 Å². The predicted molar refractivity (Wildman–Crippen MR) is 155 cm³/mol. The fourth-order valence-corrected chi connectivity index (χ4v) is 6.44. The van der Waals surface area contributed by atoms with E-state index in [1.165, 1.54) is 16.8 Å². The van der Waals surface area contributed by atoms with Crippen LogP contribution in [0, 0.1) is 43.9 Å². The summed E-state index contributed by atoms with van der Waals surface area (Å²) in [6.07, 6.45) is 0. The lowest BCUT2D eigenvalue weighted by Crippen LogP contribution is -2.49. The molecule has 3 aromatic rings. The molecule has 1 N–H and O–H groups in total. The molecule has 1 saturated carbocycles. The van der Waals surface area contributed by atoms with E-state index >= 15 is 0 Å². The summed E-state index contributed by atoms with van der Waals surface area (Å²) in [7, 11) is 0. The van der Waals surface area contributed by atoms with E-state index in [1.807, 2.05) is 30.0 Å². The van der Waals surface area contributed by atoms with Crippen LogP contribution in [-0.2, 0) is 0 Å². The molecule has 2 atom stereocenters. The Hall–Kier alpha value is -3.98. The zero-order chi connectivity index (χ0) is 26.4. The van der Waals surface area contributed by atoms with Crippen LogP contribution < -0.4 is 15.1 Å². The summed E-state index contributed by atoms with van der Waals surface area (Å²) >= 11 is 0. The minimum Gasteiger partial charge on any atom is -0.381 e. The number of nitrogens with zero attached hydrogens (tertiary/aromatic N) is 4. The van der Waals surface area contributed by atoms with Gasteiger partial charge in [0.2, 0.25) is 0 Å². The number of piperazine rings is 1. The second-order valence-corrected chi connectivity index (χ2v) is 11.1. The average molecular weight is 508 g/mol. The maximum Gasteiger partial charge on any atom is 0.254 e. The summed E-state index contributed by atoms with van der Waals surface area (Å²) in [5, 5.41) is 13.3. The fraction of sp³-hybridized carbons (Fsp3) is 0.375. The predicted octanol–water partition coefficient (Wildman–Crippen LogP) is 5.24. The number of anilines is 3. The van der Waals surface area contributed by atoms with E-state index < -0.39 is 0 Å². The van der Waals surface area contributed by atoms with E-state index in [1.54, 1.807) is 0 Å². The first-order valence-electron chi connectivity index (χ1n) is 13.7. The lowest BCUT2D eigenvalue weighted by Gasteiger charge is -2.37. The highest BCUT2D eigenvalue weighted by Gasteiger charge is 2.56. The Morgan fingerprint density at radius 3 is 2.18 bits per heavy atom. The number of benzene rings is 3. The maximum atomic E-state index is 13.6. The molecule has 1 amide bonds. The molecule has 6 nitrogen and oxygen atoms in total. The third-order valence-corrected chi connectivity index (χ3v) is 8.71. The molecular weight excluding hydrogens is 470 g/mol. The lowest BCUT2D eigenvalue weighted by molar-refractivity contribution is 0.0746. The van der Waals surface area contributed by atoms with E-state index in [0.717, 1.165) is 67.3 Å². The number of carbonyl (C=O) groups is 1. The van der Waals surface area contributed by atoms with Crippen molar-refractivity contribution in [3.63, 3.8) is 0 Å². The van der Waals surface area contributed by atoms with Crippen LogP contribution in [-0.4, -0.2) is 56.1 Å². The van der Waals surface area contributed by atoms with Gasteiger partial charge in [0, 0.05) is 75.5 Å². The highest BCUT2D eigenvalue weighted by atomic mass is 16.2. The lowest BCUT2D eigenvalue weighted by atomic mass is 10.0. The number of nitriles is 1. The van der Waals surface area contributed by atoms with E-state index in [4.69, 9.17) is 0 Å². The first-order chi connectivity index (χ1) is 18.4. The Morgan fingerprint density at radius 1 is 0.842 bits per heavy atom. The van der Waals surface area contributed by atoms with Crippen molar-refractivity contribution in [2.75, 3.05) is 54.4 Å². The molecule has 3 aromatic carbocycles. The number of aryl methyl sites for hydroxylation is 3. The molecule has 3 aliphatic rings. The van der Waals surface area contributed by atoms with E-state index in [-0.39, 0.29) is 7.33 Å². The molecule has 2 aliphatic heterocycles. The van der Waals surface area contributed by atoms with Crippen LogP contribution in [0.3, 0.4) is 0 Å². The van der Waals surface area contributed by atoms with Crippen LogP contribution in [0.1, 0.15) is 34.0 Å². The van der Waals surface area contributed by atoms with Crippen LogP contribution in [0.25, 0.3) is 0 Å². The molecular formula is C32H37N5O. The van der Waals surface area contributed by atoms with Crippen molar-refractivity contribution in [2.45, 2.75) is 26.8 Å². The topological polar surface area (TPSA) is 62.6 Å². The fourth-order valence-electron chi connectivity index (χ4n) is 6.44.